The number of hydrogen-bond acceptors (Lipinski definition) is 5. The molecule has 1 N–H and O–H groups in total. The van der Waals surface area contributed by atoms with Gasteiger partial charge in [-0.2, -0.15) is 0 Å². The molecule has 1 aromatic carbocycles. The van der Waals surface area contributed by atoms with E-state index in [1.807, 2.05) is 0 Å². The highest BCUT2D eigenvalue weighted by atomic mass is 35.5. The third-order valence-electron chi connectivity index (χ3n) is 3.07. The second-order valence-electron chi connectivity index (χ2n) is 4.56. The fourth-order valence-corrected chi connectivity index (χ4v) is 3.26. The van der Waals surface area contributed by atoms with Crippen LogP contribution in [0.4, 0.5) is 10.7 Å². The van der Waals surface area contributed by atoms with Gasteiger partial charge in [-0.05, 0) is 36.0 Å². The Hall–Kier alpha value is -2.29. The van der Waals surface area contributed by atoms with Crippen molar-refractivity contribution in [1.29, 1.82) is 0 Å². The van der Waals surface area contributed by atoms with E-state index >= 15 is 0 Å². The lowest BCUT2D eigenvalue weighted by atomic mass is 10.2. The maximum Gasteiger partial charge on any atom is 0.324 e. The minimum atomic E-state index is -0.475. The lowest BCUT2D eigenvalue weighted by molar-refractivity contribution is -0.380. The maximum absolute atomic E-state index is 12.5. The number of para-hydroxylation sites is 1. The summed E-state index contributed by atoms with van der Waals surface area (Å²) in [5.74, 6) is -0.364. The summed E-state index contributed by atoms with van der Waals surface area (Å²) in [5.41, 5.74) is 1.28. The summed E-state index contributed by atoms with van der Waals surface area (Å²) < 4.78 is 0. The molecule has 0 bridgehead atoms. The molecule has 0 spiro atoms. The molecule has 0 aliphatic carbocycles. The van der Waals surface area contributed by atoms with Gasteiger partial charge in [0.15, 0.2) is 5.11 Å². The van der Waals surface area contributed by atoms with Crippen LogP contribution in [0.15, 0.2) is 41.4 Å². The number of carbonyl (C=O) groups excluding carboxylic acids is 1. The molecule has 1 aliphatic heterocycles. The highest BCUT2D eigenvalue weighted by molar-refractivity contribution is 7.80. The zero-order valence-corrected chi connectivity index (χ0v) is 13.7. The molecule has 0 saturated carbocycles. The van der Waals surface area contributed by atoms with Gasteiger partial charge in [0.1, 0.15) is 5.70 Å². The fraction of sp³-hybridized carbons (Fsp3) is 0. The summed E-state index contributed by atoms with van der Waals surface area (Å²) >= 11 is 12.3. The van der Waals surface area contributed by atoms with Crippen LogP contribution in [0.2, 0.25) is 5.02 Å². The molecule has 1 aliphatic rings. The number of nitrogens with one attached hydrogen (secondary N) is 1. The number of benzene rings is 1. The summed E-state index contributed by atoms with van der Waals surface area (Å²) in [6.07, 6.45) is 1.52. The number of halogens is 1. The number of nitro groups is 1. The Morgan fingerprint density at radius 2 is 2.13 bits per heavy atom. The zero-order valence-electron chi connectivity index (χ0n) is 11.4. The third kappa shape index (κ3) is 2.96. The predicted molar refractivity (Wildman–Crippen MR) is 93.6 cm³/mol. The maximum atomic E-state index is 12.5. The van der Waals surface area contributed by atoms with Crippen molar-refractivity contribution >= 4 is 62.9 Å². The van der Waals surface area contributed by atoms with Crippen molar-refractivity contribution < 1.29 is 9.72 Å². The number of anilines is 1. The lowest BCUT2D eigenvalue weighted by Gasteiger charge is -2.15. The van der Waals surface area contributed by atoms with E-state index < -0.39 is 4.92 Å². The molecule has 116 valence electrons. The Morgan fingerprint density at radius 1 is 1.39 bits per heavy atom. The van der Waals surface area contributed by atoms with E-state index in [1.165, 1.54) is 17.0 Å². The van der Waals surface area contributed by atoms with Crippen molar-refractivity contribution in [1.82, 2.24) is 5.32 Å². The molecule has 0 unspecified atom stereocenters. The van der Waals surface area contributed by atoms with Crippen LogP contribution in [0, 0.1) is 10.1 Å². The monoisotopic (exact) mass is 365 g/mol. The number of carbonyl (C=O) groups is 1. The molecular weight excluding hydrogens is 358 g/mol. The van der Waals surface area contributed by atoms with Gasteiger partial charge in [0.05, 0.1) is 15.6 Å². The Morgan fingerprint density at radius 3 is 2.78 bits per heavy atom. The standard InChI is InChI=1S/C14H8ClN3O3S2/c15-9-3-1-2-4-11(9)17-13(19)10(16-14(17)22)5-8-6-12(18(20)21)23-7-8/h1-7H,(H,16,22). The van der Waals surface area contributed by atoms with Crippen LogP contribution >= 0.6 is 35.2 Å². The van der Waals surface area contributed by atoms with Crippen molar-refractivity contribution in [3.8, 4) is 0 Å². The number of nitrogens with zero attached hydrogens (tertiary/aromatic N) is 2. The molecule has 2 aromatic rings. The minimum Gasteiger partial charge on any atom is -0.327 e. The molecule has 6 nitrogen and oxygen atoms in total. The molecule has 1 amide bonds. The highest BCUT2D eigenvalue weighted by Gasteiger charge is 2.33. The summed E-state index contributed by atoms with van der Waals surface area (Å²) in [5, 5.41) is 15.7. The van der Waals surface area contributed by atoms with Gasteiger partial charge >= 0.3 is 5.00 Å². The van der Waals surface area contributed by atoms with E-state index in [4.69, 9.17) is 23.8 Å². The van der Waals surface area contributed by atoms with E-state index in [-0.39, 0.29) is 21.7 Å². The van der Waals surface area contributed by atoms with Crippen molar-refractivity contribution in [3.63, 3.8) is 0 Å². The van der Waals surface area contributed by atoms with E-state index in [0.29, 0.717) is 16.3 Å². The van der Waals surface area contributed by atoms with Crippen molar-refractivity contribution in [2.75, 3.05) is 4.90 Å². The average molecular weight is 366 g/mol. The van der Waals surface area contributed by atoms with Gasteiger partial charge < -0.3 is 5.32 Å². The summed E-state index contributed by atoms with van der Waals surface area (Å²) in [6.45, 7) is 0. The van der Waals surface area contributed by atoms with Gasteiger partial charge in [0.2, 0.25) is 0 Å². The van der Waals surface area contributed by atoms with Gasteiger partial charge in [-0.3, -0.25) is 19.8 Å². The molecule has 0 atom stereocenters. The summed E-state index contributed by atoms with van der Waals surface area (Å²) in [7, 11) is 0. The van der Waals surface area contributed by atoms with Crippen LogP contribution in [-0.2, 0) is 4.79 Å². The fourth-order valence-electron chi connectivity index (χ4n) is 2.06. The van der Waals surface area contributed by atoms with Crippen LogP contribution in [0.1, 0.15) is 5.56 Å². The topological polar surface area (TPSA) is 75.5 Å². The Bertz CT molecular complexity index is 862. The number of amides is 1. The van der Waals surface area contributed by atoms with Crippen LogP contribution < -0.4 is 10.2 Å². The van der Waals surface area contributed by atoms with E-state index in [2.05, 4.69) is 5.32 Å². The average Bonchev–Trinajstić information content (AvgIpc) is 3.07. The van der Waals surface area contributed by atoms with Crippen LogP contribution in [0.3, 0.4) is 0 Å². The van der Waals surface area contributed by atoms with E-state index in [1.54, 1.807) is 29.6 Å². The first kappa shape index (κ1) is 15.6. The Balaban J connectivity index is 1.93. The zero-order chi connectivity index (χ0) is 16.6. The lowest BCUT2D eigenvalue weighted by Crippen LogP contribution is -2.30. The third-order valence-corrected chi connectivity index (χ3v) is 4.57. The summed E-state index contributed by atoms with van der Waals surface area (Å²) in [4.78, 5) is 24.1. The molecule has 1 aromatic heterocycles. The van der Waals surface area contributed by atoms with Crippen molar-refractivity contribution in [2.24, 2.45) is 0 Å². The predicted octanol–water partition coefficient (Wildman–Crippen LogP) is 3.57. The molecule has 1 saturated heterocycles. The second kappa shape index (κ2) is 6.07. The molecule has 1 fully saturated rings. The van der Waals surface area contributed by atoms with Crippen molar-refractivity contribution in [2.45, 2.75) is 0 Å². The number of rotatable bonds is 3. The molecule has 3 rings (SSSR count). The first-order valence-corrected chi connectivity index (χ1v) is 7.98. The first-order valence-electron chi connectivity index (χ1n) is 6.32. The van der Waals surface area contributed by atoms with E-state index in [0.717, 1.165) is 11.3 Å². The molecule has 0 radical (unpaired) electrons. The van der Waals surface area contributed by atoms with Gasteiger partial charge in [-0.1, -0.05) is 35.1 Å². The number of thiophene rings is 1. The molecule has 9 heteroatoms. The van der Waals surface area contributed by atoms with Crippen LogP contribution in [0.5, 0.6) is 0 Å². The largest absolute Gasteiger partial charge is 0.327 e. The minimum absolute atomic E-state index is 0.00725. The highest BCUT2D eigenvalue weighted by Crippen LogP contribution is 2.30. The van der Waals surface area contributed by atoms with Gasteiger partial charge in [-0.25, -0.2) is 0 Å². The Labute approximate surface area is 145 Å². The SMILES string of the molecule is O=C1C(=Cc2csc([N+](=O)[O-])c2)NC(=S)N1c1ccccc1Cl. The van der Waals surface area contributed by atoms with Crippen LogP contribution in [-0.4, -0.2) is 15.9 Å². The van der Waals surface area contributed by atoms with Gasteiger partial charge in [-0.15, -0.1) is 0 Å². The molecular formula is C14H8ClN3O3S2. The van der Waals surface area contributed by atoms with Crippen molar-refractivity contribution in [3.05, 3.63) is 62.1 Å². The molecule has 2 heterocycles. The Kier molecular flexibility index (Phi) is 4.12. The summed E-state index contributed by atoms with van der Waals surface area (Å²) in [6, 6.07) is 8.25. The number of thiocarbonyl (C=S) groups is 1. The smallest absolute Gasteiger partial charge is 0.324 e. The van der Waals surface area contributed by atoms with Crippen LogP contribution in [0.25, 0.3) is 6.08 Å². The van der Waals surface area contributed by atoms with E-state index in [9.17, 15) is 14.9 Å². The first-order chi connectivity index (χ1) is 11.0. The second-order valence-corrected chi connectivity index (χ2v) is 6.24. The quantitative estimate of drug-likeness (QED) is 0.389. The van der Waals surface area contributed by atoms with Gasteiger partial charge in [0, 0.05) is 11.4 Å². The number of hydrogen-bond donors (Lipinski definition) is 1. The van der Waals surface area contributed by atoms with Gasteiger partial charge in [0.25, 0.3) is 5.91 Å². The normalized spacial score (nSPS) is 16.0. The molecule has 23 heavy (non-hydrogen) atoms.